The van der Waals surface area contributed by atoms with Crippen LogP contribution in [0.1, 0.15) is 41.1 Å². The van der Waals surface area contributed by atoms with Gasteiger partial charge in [-0.05, 0) is 50.6 Å². The van der Waals surface area contributed by atoms with Gasteiger partial charge in [-0.15, -0.1) is 11.3 Å². The van der Waals surface area contributed by atoms with Crippen molar-refractivity contribution in [2.45, 2.75) is 32.6 Å². The molecule has 1 aliphatic carbocycles. The highest BCUT2D eigenvalue weighted by Crippen LogP contribution is 2.43. The summed E-state index contributed by atoms with van der Waals surface area (Å²) in [5.74, 6) is 0.388. The van der Waals surface area contributed by atoms with Crippen LogP contribution >= 0.6 is 11.3 Å². The second-order valence-electron chi connectivity index (χ2n) is 6.45. The summed E-state index contributed by atoms with van der Waals surface area (Å²) in [7, 11) is 4.30. The zero-order chi connectivity index (χ0) is 15.7. The summed E-state index contributed by atoms with van der Waals surface area (Å²) in [6, 6.07) is 8.87. The highest BCUT2D eigenvalue weighted by molar-refractivity contribution is 7.09. The van der Waals surface area contributed by atoms with Crippen LogP contribution in [-0.4, -0.2) is 30.5 Å². The minimum Gasteiger partial charge on any atom is -0.309 e. The molecule has 3 rings (SSSR count). The van der Waals surface area contributed by atoms with Crippen LogP contribution in [-0.2, 0) is 6.42 Å². The summed E-state index contributed by atoms with van der Waals surface area (Å²) < 4.78 is 0. The Hall–Kier alpha value is -1.45. The predicted octanol–water partition coefficient (Wildman–Crippen LogP) is 4.52. The van der Waals surface area contributed by atoms with E-state index in [0.29, 0.717) is 5.92 Å². The van der Waals surface area contributed by atoms with E-state index < -0.39 is 0 Å². The third-order valence-corrected chi connectivity index (χ3v) is 5.54. The fraction of sp³-hybridized carbons (Fsp3) is 0.421. The Morgan fingerprint density at radius 1 is 1.27 bits per heavy atom. The Morgan fingerprint density at radius 2 is 2.05 bits per heavy atom. The van der Waals surface area contributed by atoms with Gasteiger partial charge in [0, 0.05) is 23.5 Å². The number of thiazole rings is 1. The van der Waals surface area contributed by atoms with E-state index in [1.165, 1.54) is 21.7 Å². The third-order valence-electron chi connectivity index (χ3n) is 4.39. The normalized spacial score (nSPS) is 15.5. The summed E-state index contributed by atoms with van der Waals surface area (Å²) in [5, 5.41) is 3.40. The van der Waals surface area contributed by atoms with Crippen molar-refractivity contribution >= 4 is 16.9 Å². The Kier molecular flexibility index (Phi) is 4.46. The van der Waals surface area contributed by atoms with E-state index in [2.05, 4.69) is 62.5 Å². The maximum atomic E-state index is 4.73. The van der Waals surface area contributed by atoms with Gasteiger partial charge in [-0.2, -0.15) is 0 Å². The minimum absolute atomic E-state index is 0.388. The van der Waals surface area contributed by atoms with Gasteiger partial charge in [0.2, 0.25) is 0 Å². The first kappa shape index (κ1) is 15.4. The lowest BCUT2D eigenvalue weighted by Gasteiger charge is -2.16. The minimum atomic E-state index is 0.388. The molecule has 2 aromatic rings. The van der Waals surface area contributed by atoms with Crippen LogP contribution in [0.25, 0.3) is 5.57 Å². The number of aryl methyl sites for hydroxylation is 1. The number of fused-ring (bicyclic) bond motifs is 1. The molecular weight excluding hydrogens is 288 g/mol. The van der Waals surface area contributed by atoms with E-state index in [1.54, 1.807) is 16.9 Å². The zero-order valence-electron chi connectivity index (χ0n) is 13.9. The number of hydrogen-bond acceptors (Lipinski definition) is 3. The predicted molar refractivity (Wildman–Crippen MR) is 95.5 cm³/mol. The Balaban J connectivity index is 1.98. The number of allylic oxidation sites excluding steroid dienone is 1. The maximum Gasteiger partial charge on any atom is 0.100 e. The van der Waals surface area contributed by atoms with Crippen molar-refractivity contribution in [3.05, 3.63) is 57.0 Å². The Bertz CT molecular complexity index is 697. The highest BCUT2D eigenvalue weighted by Gasteiger charge is 2.27. The first-order chi connectivity index (χ1) is 10.6. The lowest BCUT2D eigenvalue weighted by atomic mass is 9.93. The molecule has 0 bridgehead atoms. The first-order valence-corrected chi connectivity index (χ1v) is 8.81. The molecule has 1 aromatic carbocycles. The van der Waals surface area contributed by atoms with E-state index in [-0.39, 0.29) is 0 Å². The molecule has 0 amide bonds. The Morgan fingerprint density at radius 3 is 2.73 bits per heavy atom. The topological polar surface area (TPSA) is 16.1 Å². The van der Waals surface area contributed by atoms with Gasteiger partial charge in [0.1, 0.15) is 5.01 Å². The summed E-state index contributed by atoms with van der Waals surface area (Å²) in [4.78, 5) is 7.00. The molecule has 0 N–H and O–H groups in total. The lowest BCUT2D eigenvalue weighted by Crippen LogP contribution is -2.14. The molecule has 1 aromatic heterocycles. The van der Waals surface area contributed by atoms with E-state index >= 15 is 0 Å². The van der Waals surface area contributed by atoms with Crippen molar-refractivity contribution < 1.29 is 0 Å². The summed E-state index contributed by atoms with van der Waals surface area (Å²) >= 11 is 1.79. The summed E-state index contributed by atoms with van der Waals surface area (Å²) in [5.41, 5.74) is 7.17. The molecule has 0 fully saturated rings. The van der Waals surface area contributed by atoms with Crippen molar-refractivity contribution in [1.29, 1.82) is 0 Å². The van der Waals surface area contributed by atoms with Gasteiger partial charge in [0.05, 0.1) is 0 Å². The molecule has 0 saturated carbocycles. The third kappa shape index (κ3) is 3.01. The molecule has 1 unspecified atom stereocenters. The SMILES string of the molecule is Cc1csc(C(C)C2=C(CCN(C)C)Cc3ccccc32)n1. The van der Waals surface area contributed by atoms with Gasteiger partial charge in [0.25, 0.3) is 0 Å². The molecule has 1 heterocycles. The molecule has 22 heavy (non-hydrogen) atoms. The van der Waals surface area contributed by atoms with E-state index in [0.717, 1.165) is 25.1 Å². The number of hydrogen-bond donors (Lipinski definition) is 0. The molecule has 0 radical (unpaired) electrons. The standard InChI is InChI=1S/C19H24N2S/c1-13-12-22-19(20-13)14(2)18-16(9-10-21(3)4)11-15-7-5-6-8-17(15)18/h5-8,12,14H,9-11H2,1-4H3. The summed E-state index contributed by atoms with van der Waals surface area (Å²) in [6.45, 7) is 5.50. The molecule has 3 heteroatoms. The van der Waals surface area contributed by atoms with Crippen molar-refractivity contribution in [3.8, 4) is 0 Å². The molecule has 1 atom stereocenters. The van der Waals surface area contributed by atoms with Crippen LogP contribution < -0.4 is 0 Å². The number of rotatable bonds is 5. The smallest absolute Gasteiger partial charge is 0.100 e. The molecule has 0 aliphatic heterocycles. The van der Waals surface area contributed by atoms with Crippen LogP contribution in [0.15, 0.2) is 35.2 Å². The maximum absolute atomic E-state index is 4.73. The van der Waals surface area contributed by atoms with Crippen molar-refractivity contribution in [2.24, 2.45) is 0 Å². The summed E-state index contributed by atoms with van der Waals surface area (Å²) in [6.07, 6.45) is 2.25. The van der Waals surface area contributed by atoms with E-state index in [1.807, 2.05) is 0 Å². The van der Waals surface area contributed by atoms with Gasteiger partial charge in [-0.25, -0.2) is 4.98 Å². The van der Waals surface area contributed by atoms with E-state index in [9.17, 15) is 0 Å². The van der Waals surface area contributed by atoms with E-state index in [4.69, 9.17) is 4.98 Å². The average molecular weight is 312 g/mol. The van der Waals surface area contributed by atoms with Crippen molar-refractivity contribution in [1.82, 2.24) is 9.88 Å². The molecule has 116 valence electrons. The average Bonchev–Trinajstić information content (AvgIpc) is 3.07. The van der Waals surface area contributed by atoms with Crippen molar-refractivity contribution in [2.75, 3.05) is 20.6 Å². The van der Waals surface area contributed by atoms with Gasteiger partial charge in [-0.1, -0.05) is 36.8 Å². The van der Waals surface area contributed by atoms with Gasteiger partial charge < -0.3 is 4.90 Å². The quantitative estimate of drug-likeness (QED) is 0.807. The molecule has 2 nitrogen and oxygen atoms in total. The fourth-order valence-corrected chi connectivity index (χ4v) is 4.13. The second kappa shape index (κ2) is 6.35. The molecule has 0 saturated heterocycles. The van der Waals surface area contributed by atoms with Crippen LogP contribution in [0.5, 0.6) is 0 Å². The monoisotopic (exact) mass is 312 g/mol. The van der Waals surface area contributed by atoms with Crippen LogP contribution in [0.3, 0.4) is 0 Å². The number of nitrogens with zero attached hydrogens (tertiary/aromatic N) is 2. The zero-order valence-corrected chi connectivity index (χ0v) is 14.7. The van der Waals surface area contributed by atoms with Crippen molar-refractivity contribution in [3.63, 3.8) is 0 Å². The second-order valence-corrected chi connectivity index (χ2v) is 7.34. The Labute approximate surface area is 137 Å². The molecular formula is C19H24N2S. The van der Waals surface area contributed by atoms with Gasteiger partial charge >= 0.3 is 0 Å². The van der Waals surface area contributed by atoms with Crippen LogP contribution in [0.2, 0.25) is 0 Å². The lowest BCUT2D eigenvalue weighted by molar-refractivity contribution is 0.412. The number of benzene rings is 1. The van der Waals surface area contributed by atoms with Gasteiger partial charge in [-0.3, -0.25) is 0 Å². The molecule has 0 spiro atoms. The van der Waals surface area contributed by atoms with Gasteiger partial charge in [0.15, 0.2) is 0 Å². The molecule has 1 aliphatic rings. The van der Waals surface area contributed by atoms with Crippen LogP contribution in [0, 0.1) is 6.92 Å². The largest absolute Gasteiger partial charge is 0.309 e. The fourth-order valence-electron chi connectivity index (χ4n) is 3.27. The van der Waals surface area contributed by atoms with Crippen LogP contribution in [0.4, 0.5) is 0 Å². The highest BCUT2D eigenvalue weighted by atomic mass is 32.1. The number of aromatic nitrogens is 1. The first-order valence-electron chi connectivity index (χ1n) is 7.93.